The lowest BCUT2D eigenvalue weighted by Gasteiger charge is -2.11. The summed E-state index contributed by atoms with van der Waals surface area (Å²) in [7, 11) is 0. The molecule has 2 aromatic carbocycles. The fourth-order valence-corrected chi connectivity index (χ4v) is 3.70. The fraction of sp³-hybridized carbons (Fsp3) is 0.292. The van der Waals surface area contributed by atoms with Crippen LogP contribution in [0.2, 0.25) is 0 Å². The van der Waals surface area contributed by atoms with E-state index in [4.69, 9.17) is 4.52 Å². The van der Waals surface area contributed by atoms with Crippen molar-refractivity contribution in [3.05, 3.63) is 71.5 Å². The molecule has 3 aromatic rings. The van der Waals surface area contributed by atoms with Crippen molar-refractivity contribution < 1.29 is 14.1 Å². The van der Waals surface area contributed by atoms with Crippen LogP contribution in [-0.2, 0) is 11.3 Å². The summed E-state index contributed by atoms with van der Waals surface area (Å²) in [6.45, 7) is 2.34. The molecule has 6 heteroatoms. The molecule has 0 spiro atoms. The zero-order valence-corrected chi connectivity index (χ0v) is 17.0. The second-order valence-electron chi connectivity index (χ2n) is 7.80. The van der Waals surface area contributed by atoms with E-state index in [0.29, 0.717) is 12.2 Å². The molecular formula is C24H25N3O3. The molecule has 2 N–H and O–H groups in total. The second-order valence-corrected chi connectivity index (χ2v) is 7.80. The monoisotopic (exact) mass is 403 g/mol. The van der Waals surface area contributed by atoms with Crippen molar-refractivity contribution in [3.8, 4) is 11.3 Å². The zero-order chi connectivity index (χ0) is 20.9. The highest BCUT2D eigenvalue weighted by Gasteiger charge is 2.22. The highest BCUT2D eigenvalue weighted by Crippen LogP contribution is 2.26. The number of rotatable bonds is 6. The maximum absolute atomic E-state index is 12.4. The molecule has 0 saturated heterocycles. The maximum Gasteiger partial charge on any atom is 0.290 e. The Hall–Kier alpha value is -3.41. The van der Waals surface area contributed by atoms with Crippen LogP contribution in [0.4, 0.5) is 5.69 Å². The standard InChI is InChI=1S/C24H25N3O3/c1-16-9-11-18(12-10-16)21-14-22(30-27-21)24(29)25-15-17-5-4-8-20(13-17)26-23(28)19-6-2-3-7-19/h4-5,8-14,19H,2-3,6-7,15H2,1H3,(H,25,29)(H,26,28). The average molecular weight is 403 g/mol. The number of benzene rings is 2. The molecule has 154 valence electrons. The van der Waals surface area contributed by atoms with E-state index in [1.54, 1.807) is 6.07 Å². The molecule has 0 atom stereocenters. The summed E-state index contributed by atoms with van der Waals surface area (Å²) in [6, 6.07) is 17.0. The van der Waals surface area contributed by atoms with Crippen molar-refractivity contribution >= 4 is 17.5 Å². The predicted molar refractivity (Wildman–Crippen MR) is 115 cm³/mol. The van der Waals surface area contributed by atoms with E-state index in [1.807, 2.05) is 55.5 Å². The first-order valence-corrected chi connectivity index (χ1v) is 10.3. The van der Waals surface area contributed by atoms with Crippen LogP contribution in [0.25, 0.3) is 11.3 Å². The van der Waals surface area contributed by atoms with Crippen molar-refractivity contribution in [2.24, 2.45) is 5.92 Å². The Morgan fingerprint density at radius 2 is 1.83 bits per heavy atom. The Morgan fingerprint density at radius 3 is 2.60 bits per heavy atom. The average Bonchev–Trinajstić information content (AvgIpc) is 3.45. The molecule has 2 amide bonds. The molecule has 1 aliphatic carbocycles. The van der Waals surface area contributed by atoms with Crippen LogP contribution in [0.5, 0.6) is 0 Å². The van der Waals surface area contributed by atoms with Crippen LogP contribution in [0.3, 0.4) is 0 Å². The molecule has 0 aliphatic heterocycles. The second kappa shape index (κ2) is 8.95. The lowest BCUT2D eigenvalue weighted by atomic mass is 10.1. The van der Waals surface area contributed by atoms with Crippen LogP contribution in [-0.4, -0.2) is 17.0 Å². The summed E-state index contributed by atoms with van der Waals surface area (Å²) in [6.07, 6.45) is 4.17. The smallest absolute Gasteiger partial charge is 0.290 e. The summed E-state index contributed by atoms with van der Waals surface area (Å²) in [5.74, 6) is 0.0269. The van der Waals surface area contributed by atoms with Gasteiger partial charge in [0.2, 0.25) is 11.7 Å². The Bertz CT molecular complexity index is 1030. The van der Waals surface area contributed by atoms with Gasteiger partial charge in [-0.2, -0.15) is 0 Å². The molecule has 0 unspecified atom stereocenters. The number of nitrogens with one attached hydrogen (secondary N) is 2. The summed E-state index contributed by atoms with van der Waals surface area (Å²) >= 11 is 0. The van der Waals surface area contributed by atoms with Gasteiger partial charge in [-0.25, -0.2) is 0 Å². The summed E-state index contributed by atoms with van der Waals surface area (Å²) < 4.78 is 5.21. The molecule has 30 heavy (non-hydrogen) atoms. The largest absolute Gasteiger partial charge is 0.350 e. The number of aromatic nitrogens is 1. The maximum atomic E-state index is 12.4. The molecule has 1 heterocycles. The third-order valence-electron chi connectivity index (χ3n) is 5.45. The van der Waals surface area contributed by atoms with Crippen molar-refractivity contribution in [2.45, 2.75) is 39.2 Å². The van der Waals surface area contributed by atoms with E-state index in [0.717, 1.165) is 48.1 Å². The van der Waals surface area contributed by atoms with Gasteiger partial charge in [0, 0.05) is 29.8 Å². The number of aryl methyl sites for hydroxylation is 1. The van der Waals surface area contributed by atoms with E-state index in [2.05, 4.69) is 15.8 Å². The Balaban J connectivity index is 1.35. The summed E-state index contributed by atoms with van der Waals surface area (Å²) in [5.41, 5.74) is 4.32. The van der Waals surface area contributed by atoms with Crippen molar-refractivity contribution in [1.29, 1.82) is 0 Å². The number of carbonyl (C=O) groups excluding carboxylic acids is 2. The van der Waals surface area contributed by atoms with E-state index in [-0.39, 0.29) is 23.5 Å². The van der Waals surface area contributed by atoms with Gasteiger partial charge in [-0.05, 0) is 37.5 Å². The first-order valence-electron chi connectivity index (χ1n) is 10.3. The Labute approximate surface area is 175 Å². The number of amides is 2. The molecule has 0 radical (unpaired) electrons. The SMILES string of the molecule is Cc1ccc(-c2cc(C(=O)NCc3cccc(NC(=O)C4CCCC4)c3)on2)cc1. The van der Waals surface area contributed by atoms with Gasteiger partial charge in [-0.1, -0.05) is 60.0 Å². The molecule has 0 bridgehead atoms. The van der Waals surface area contributed by atoms with E-state index < -0.39 is 0 Å². The summed E-state index contributed by atoms with van der Waals surface area (Å²) in [4.78, 5) is 24.8. The van der Waals surface area contributed by atoms with Gasteiger partial charge < -0.3 is 15.2 Å². The van der Waals surface area contributed by atoms with Gasteiger partial charge in [-0.15, -0.1) is 0 Å². The lowest BCUT2D eigenvalue weighted by molar-refractivity contribution is -0.119. The van der Waals surface area contributed by atoms with Gasteiger partial charge in [0.05, 0.1) is 0 Å². The van der Waals surface area contributed by atoms with Crippen LogP contribution in [0.15, 0.2) is 59.1 Å². The molecule has 1 fully saturated rings. The van der Waals surface area contributed by atoms with Crippen molar-refractivity contribution in [3.63, 3.8) is 0 Å². The molecule has 1 aromatic heterocycles. The highest BCUT2D eigenvalue weighted by molar-refractivity contribution is 5.93. The minimum Gasteiger partial charge on any atom is -0.350 e. The van der Waals surface area contributed by atoms with Gasteiger partial charge in [0.1, 0.15) is 5.69 Å². The van der Waals surface area contributed by atoms with E-state index >= 15 is 0 Å². The Kier molecular flexibility index (Phi) is 5.93. The quantitative estimate of drug-likeness (QED) is 0.624. The van der Waals surface area contributed by atoms with Gasteiger partial charge in [-0.3, -0.25) is 9.59 Å². The predicted octanol–water partition coefficient (Wildman–Crippen LogP) is 4.71. The number of hydrogen-bond donors (Lipinski definition) is 2. The van der Waals surface area contributed by atoms with E-state index in [1.165, 1.54) is 0 Å². The number of anilines is 1. The van der Waals surface area contributed by atoms with Gasteiger partial charge >= 0.3 is 0 Å². The van der Waals surface area contributed by atoms with Crippen molar-refractivity contribution in [1.82, 2.24) is 10.5 Å². The van der Waals surface area contributed by atoms with Crippen LogP contribution < -0.4 is 10.6 Å². The molecular weight excluding hydrogens is 378 g/mol. The van der Waals surface area contributed by atoms with Gasteiger partial charge in [0.15, 0.2) is 0 Å². The molecule has 6 nitrogen and oxygen atoms in total. The van der Waals surface area contributed by atoms with Crippen LogP contribution >= 0.6 is 0 Å². The number of hydrogen-bond acceptors (Lipinski definition) is 4. The minimum absolute atomic E-state index is 0.0824. The molecule has 4 rings (SSSR count). The van der Waals surface area contributed by atoms with Crippen molar-refractivity contribution in [2.75, 3.05) is 5.32 Å². The normalized spacial score (nSPS) is 13.9. The first-order chi connectivity index (χ1) is 14.6. The lowest BCUT2D eigenvalue weighted by Crippen LogP contribution is -2.23. The Morgan fingerprint density at radius 1 is 1.07 bits per heavy atom. The molecule has 1 aliphatic rings. The summed E-state index contributed by atoms with van der Waals surface area (Å²) in [5, 5.41) is 9.82. The third-order valence-corrected chi connectivity index (χ3v) is 5.45. The molecule has 1 saturated carbocycles. The topological polar surface area (TPSA) is 84.2 Å². The van der Waals surface area contributed by atoms with Crippen LogP contribution in [0.1, 0.15) is 47.4 Å². The number of carbonyl (C=O) groups is 2. The van der Waals surface area contributed by atoms with E-state index in [9.17, 15) is 9.59 Å². The highest BCUT2D eigenvalue weighted by atomic mass is 16.5. The fourth-order valence-electron chi connectivity index (χ4n) is 3.70. The number of nitrogens with zero attached hydrogens (tertiary/aromatic N) is 1. The first kappa shape index (κ1) is 19.9. The van der Waals surface area contributed by atoms with Crippen LogP contribution in [0, 0.1) is 12.8 Å². The minimum atomic E-state index is -0.332. The van der Waals surface area contributed by atoms with Gasteiger partial charge in [0.25, 0.3) is 5.91 Å². The zero-order valence-electron chi connectivity index (χ0n) is 17.0. The third kappa shape index (κ3) is 4.76.